The zero-order chi connectivity index (χ0) is 23.7. The Kier molecular flexibility index (Phi) is 6.13. The molecule has 0 amide bonds. The molecule has 0 aromatic heterocycles. The normalized spacial score (nSPS) is 11.8. The number of aromatic carboxylic acids is 1. The van der Waals surface area contributed by atoms with Crippen molar-refractivity contribution in [2.45, 2.75) is 11.1 Å². The molecule has 11 heteroatoms. The van der Waals surface area contributed by atoms with Crippen LogP contribution in [-0.4, -0.2) is 26.6 Å². The van der Waals surface area contributed by atoms with E-state index in [1.54, 1.807) is 0 Å². The van der Waals surface area contributed by atoms with Gasteiger partial charge in [0.05, 0.1) is 23.9 Å². The van der Waals surface area contributed by atoms with E-state index >= 15 is 0 Å². The second-order valence-electron chi connectivity index (χ2n) is 6.51. The molecule has 0 aliphatic rings. The molecule has 0 unspecified atom stereocenters. The highest BCUT2D eigenvalue weighted by Gasteiger charge is 2.32. The second kappa shape index (κ2) is 8.50. The molecule has 0 aliphatic carbocycles. The summed E-state index contributed by atoms with van der Waals surface area (Å²) in [6.07, 6.45) is -4.80. The molecule has 0 radical (unpaired) electrons. The number of rotatable bonds is 6. The lowest BCUT2D eigenvalue weighted by Crippen LogP contribution is -2.16. The zero-order valence-corrected chi connectivity index (χ0v) is 17.1. The molecule has 0 atom stereocenters. The number of benzene rings is 3. The van der Waals surface area contributed by atoms with Crippen molar-refractivity contribution in [1.29, 1.82) is 0 Å². The van der Waals surface area contributed by atoms with Crippen LogP contribution in [0.15, 0.2) is 65.6 Å². The summed E-state index contributed by atoms with van der Waals surface area (Å²) in [5.74, 6) is -2.43. The fraction of sp³-hybridized carbons (Fsp3) is 0.0952. The second-order valence-corrected chi connectivity index (χ2v) is 8.17. The lowest BCUT2D eigenvalue weighted by atomic mass is 10.0. The van der Waals surface area contributed by atoms with Crippen LogP contribution in [0.1, 0.15) is 15.9 Å². The Morgan fingerprint density at radius 1 is 1.00 bits per heavy atom. The van der Waals surface area contributed by atoms with Gasteiger partial charge in [-0.1, -0.05) is 24.3 Å². The van der Waals surface area contributed by atoms with E-state index < -0.39 is 44.1 Å². The summed E-state index contributed by atoms with van der Waals surface area (Å²) in [5, 5.41) is 9.15. The fourth-order valence-electron chi connectivity index (χ4n) is 2.94. The van der Waals surface area contributed by atoms with Gasteiger partial charge in [0.15, 0.2) is 0 Å². The highest BCUT2D eigenvalue weighted by molar-refractivity contribution is 7.92. The minimum atomic E-state index is -4.80. The number of carboxylic acid groups (broad SMARTS) is 1. The molecule has 3 aromatic carbocycles. The van der Waals surface area contributed by atoms with Crippen molar-refractivity contribution in [2.24, 2.45) is 0 Å². The lowest BCUT2D eigenvalue weighted by molar-refractivity contribution is -0.137. The first-order chi connectivity index (χ1) is 14.9. The van der Waals surface area contributed by atoms with Crippen molar-refractivity contribution < 1.29 is 40.6 Å². The molecule has 0 aliphatic heterocycles. The third kappa shape index (κ3) is 4.67. The number of carboxylic acids is 1. The Morgan fingerprint density at radius 2 is 1.69 bits per heavy atom. The molecule has 168 valence electrons. The Bertz CT molecular complexity index is 1290. The van der Waals surface area contributed by atoms with Gasteiger partial charge in [-0.2, -0.15) is 13.2 Å². The van der Waals surface area contributed by atoms with Crippen molar-refractivity contribution >= 4 is 21.7 Å². The minimum absolute atomic E-state index is 0.134. The number of hydrogen-bond acceptors (Lipinski definition) is 4. The molecule has 3 rings (SSSR count). The van der Waals surface area contributed by atoms with Crippen LogP contribution in [0, 0.1) is 5.82 Å². The maximum atomic E-state index is 14.3. The Hall–Kier alpha value is -3.60. The molecule has 6 nitrogen and oxygen atoms in total. The van der Waals surface area contributed by atoms with Gasteiger partial charge in [0, 0.05) is 11.1 Å². The first-order valence-electron chi connectivity index (χ1n) is 8.84. The average Bonchev–Trinajstić information content (AvgIpc) is 2.73. The molecule has 0 fully saturated rings. The standard InChI is InChI=1S/C21H15F4NO5S/c1-31-18-9-6-12(20(27)28)10-19(18)32(29,30)26-17-11-13(21(23,24)25)7-8-15(17)14-4-2-3-5-16(14)22/h2-11,26H,1H3,(H,27,28). The molecule has 0 spiro atoms. The van der Waals surface area contributed by atoms with E-state index in [1.807, 2.05) is 4.72 Å². The number of hydrogen-bond donors (Lipinski definition) is 2. The van der Waals surface area contributed by atoms with E-state index in [1.165, 1.54) is 18.2 Å². The molecule has 2 N–H and O–H groups in total. The van der Waals surface area contributed by atoms with Crippen LogP contribution in [0.4, 0.5) is 23.2 Å². The van der Waals surface area contributed by atoms with Crippen molar-refractivity contribution in [3.05, 3.63) is 77.6 Å². The van der Waals surface area contributed by atoms with Crippen LogP contribution in [0.2, 0.25) is 0 Å². The Morgan fingerprint density at radius 3 is 2.28 bits per heavy atom. The third-order valence-electron chi connectivity index (χ3n) is 4.46. The van der Waals surface area contributed by atoms with Crippen LogP contribution >= 0.6 is 0 Å². The number of ether oxygens (including phenoxy) is 1. The first kappa shape index (κ1) is 23.1. The van der Waals surface area contributed by atoms with E-state index in [0.717, 1.165) is 37.4 Å². The van der Waals surface area contributed by atoms with E-state index in [2.05, 4.69) is 0 Å². The number of anilines is 1. The maximum Gasteiger partial charge on any atom is 0.416 e. The number of sulfonamides is 1. The van der Waals surface area contributed by atoms with Gasteiger partial charge in [-0.3, -0.25) is 4.72 Å². The highest BCUT2D eigenvalue weighted by Crippen LogP contribution is 2.38. The van der Waals surface area contributed by atoms with Gasteiger partial charge in [0.1, 0.15) is 16.5 Å². The molecule has 0 heterocycles. The number of nitrogens with one attached hydrogen (secondary N) is 1. The Labute approximate surface area is 180 Å². The summed E-state index contributed by atoms with van der Waals surface area (Å²) in [6, 6.07) is 10.4. The number of halogens is 4. The number of carbonyl (C=O) groups is 1. The van der Waals surface area contributed by atoms with Crippen LogP contribution in [0.3, 0.4) is 0 Å². The van der Waals surface area contributed by atoms with Crippen LogP contribution < -0.4 is 9.46 Å². The third-order valence-corrected chi connectivity index (χ3v) is 5.84. The van der Waals surface area contributed by atoms with E-state index in [-0.39, 0.29) is 22.4 Å². The monoisotopic (exact) mass is 469 g/mol. The molecular weight excluding hydrogens is 454 g/mol. The largest absolute Gasteiger partial charge is 0.495 e. The molecular formula is C21H15F4NO5S. The van der Waals surface area contributed by atoms with Crippen molar-refractivity contribution in [3.63, 3.8) is 0 Å². The van der Waals surface area contributed by atoms with Crippen LogP contribution in [-0.2, 0) is 16.2 Å². The summed E-state index contributed by atoms with van der Waals surface area (Å²) in [5.41, 5.74) is -2.38. The molecule has 3 aromatic rings. The zero-order valence-electron chi connectivity index (χ0n) is 16.3. The van der Waals surface area contributed by atoms with Gasteiger partial charge in [-0.05, 0) is 36.4 Å². The molecule has 32 heavy (non-hydrogen) atoms. The average molecular weight is 469 g/mol. The molecule has 0 saturated heterocycles. The smallest absolute Gasteiger partial charge is 0.416 e. The van der Waals surface area contributed by atoms with Crippen molar-refractivity contribution in [1.82, 2.24) is 0 Å². The van der Waals surface area contributed by atoms with E-state index in [9.17, 15) is 30.8 Å². The molecule has 0 bridgehead atoms. The number of methoxy groups -OCH3 is 1. The quantitative estimate of drug-likeness (QED) is 0.495. The Balaban J connectivity index is 2.20. The van der Waals surface area contributed by atoms with Gasteiger partial charge in [0.2, 0.25) is 0 Å². The van der Waals surface area contributed by atoms with Crippen molar-refractivity contribution in [2.75, 3.05) is 11.8 Å². The fourth-order valence-corrected chi connectivity index (χ4v) is 4.21. The van der Waals surface area contributed by atoms with Gasteiger partial charge in [-0.25, -0.2) is 17.6 Å². The summed E-state index contributed by atoms with van der Waals surface area (Å²) >= 11 is 0. The van der Waals surface area contributed by atoms with E-state index in [0.29, 0.717) is 12.1 Å². The summed E-state index contributed by atoms with van der Waals surface area (Å²) in [4.78, 5) is 10.6. The SMILES string of the molecule is COc1ccc(C(=O)O)cc1S(=O)(=O)Nc1cc(C(F)(F)F)ccc1-c1ccccc1F. The van der Waals surface area contributed by atoms with Gasteiger partial charge >= 0.3 is 12.1 Å². The summed E-state index contributed by atoms with van der Waals surface area (Å²) in [7, 11) is -3.50. The van der Waals surface area contributed by atoms with Crippen LogP contribution in [0.5, 0.6) is 5.75 Å². The summed E-state index contributed by atoms with van der Waals surface area (Å²) in [6.45, 7) is 0. The van der Waals surface area contributed by atoms with Gasteiger partial charge in [0.25, 0.3) is 10.0 Å². The topological polar surface area (TPSA) is 92.7 Å². The van der Waals surface area contributed by atoms with Crippen LogP contribution in [0.25, 0.3) is 11.1 Å². The van der Waals surface area contributed by atoms with Gasteiger partial charge in [-0.15, -0.1) is 0 Å². The first-order valence-corrected chi connectivity index (χ1v) is 10.3. The van der Waals surface area contributed by atoms with Crippen molar-refractivity contribution in [3.8, 4) is 16.9 Å². The predicted octanol–water partition coefficient (Wildman–Crippen LogP) is 5.02. The predicted molar refractivity (Wildman–Crippen MR) is 108 cm³/mol. The summed E-state index contributed by atoms with van der Waals surface area (Å²) < 4.78 is 87.1. The highest BCUT2D eigenvalue weighted by atomic mass is 32.2. The number of alkyl halides is 3. The van der Waals surface area contributed by atoms with E-state index in [4.69, 9.17) is 9.84 Å². The lowest BCUT2D eigenvalue weighted by Gasteiger charge is -2.17. The maximum absolute atomic E-state index is 14.3. The van der Waals surface area contributed by atoms with Gasteiger partial charge < -0.3 is 9.84 Å². The minimum Gasteiger partial charge on any atom is -0.495 e. The molecule has 0 saturated carbocycles.